The van der Waals surface area contributed by atoms with Crippen molar-refractivity contribution in [2.75, 3.05) is 0 Å². The van der Waals surface area contributed by atoms with Gasteiger partial charge in [-0.15, -0.1) is 10.2 Å². The van der Waals surface area contributed by atoms with Crippen LogP contribution in [0.5, 0.6) is 0 Å². The highest BCUT2D eigenvalue weighted by molar-refractivity contribution is 8.04. The number of nitrogens with zero attached hydrogens (tertiary/aromatic N) is 2. The molecule has 2 unspecified atom stereocenters. The summed E-state index contributed by atoms with van der Waals surface area (Å²) >= 11 is 3.36. The molecule has 0 bridgehead atoms. The minimum Gasteiger partial charge on any atom is -0.293 e. The number of halogens is 4. The lowest BCUT2D eigenvalue weighted by atomic mass is 10.1. The third-order valence-electron chi connectivity index (χ3n) is 4.09. The number of hydrogen-bond donors (Lipinski definition) is 0. The molecule has 0 aliphatic rings. The summed E-state index contributed by atoms with van der Waals surface area (Å²) in [6.45, 7) is 3.22. The molecule has 2 aromatic carbocycles. The molecular weight excluding hydrogens is 472 g/mol. The zero-order valence-corrected chi connectivity index (χ0v) is 18.5. The normalized spacial score (nSPS) is 13.1. The summed E-state index contributed by atoms with van der Waals surface area (Å²) in [5.41, 5.74) is 0.0903. The number of aromatic nitrogens is 2. The van der Waals surface area contributed by atoms with E-state index in [4.69, 9.17) is 0 Å². The first-order valence-corrected chi connectivity index (χ1v) is 11.4. The second-order valence-corrected chi connectivity index (χ2v) is 10.5. The van der Waals surface area contributed by atoms with Gasteiger partial charge in [-0.1, -0.05) is 34.9 Å². The van der Waals surface area contributed by atoms with Crippen molar-refractivity contribution in [2.24, 2.45) is 0 Å². The Labute approximate surface area is 187 Å². The molecule has 2 atom stereocenters. The van der Waals surface area contributed by atoms with Crippen molar-refractivity contribution in [1.29, 1.82) is 0 Å². The number of carbonyl (C=O) groups excluding carboxylic acids is 2. The number of hydrogen-bond acceptors (Lipinski definition) is 7. The summed E-state index contributed by atoms with van der Waals surface area (Å²) in [4.78, 5) is 24.9. The van der Waals surface area contributed by atoms with Gasteiger partial charge in [0.05, 0.1) is 10.5 Å². The van der Waals surface area contributed by atoms with Crippen LogP contribution in [0.15, 0.2) is 45.1 Å². The maximum Gasteiger partial charge on any atom is 0.176 e. The van der Waals surface area contributed by atoms with Crippen LogP contribution in [-0.4, -0.2) is 32.3 Å². The summed E-state index contributed by atoms with van der Waals surface area (Å²) in [6, 6.07) is 5.91. The Morgan fingerprint density at radius 1 is 0.742 bits per heavy atom. The van der Waals surface area contributed by atoms with Crippen molar-refractivity contribution in [1.82, 2.24) is 10.2 Å². The van der Waals surface area contributed by atoms with Crippen LogP contribution < -0.4 is 0 Å². The van der Waals surface area contributed by atoms with Gasteiger partial charge in [0.25, 0.3) is 0 Å². The van der Waals surface area contributed by atoms with Crippen molar-refractivity contribution < 1.29 is 27.2 Å². The fourth-order valence-electron chi connectivity index (χ4n) is 2.47. The number of thioether (sulfide) groups is 2. The number of Topliss-reactive ketones (excluding diaryl/α,β-unsaturated/α-hetero) is 2. The van der Waals surface area contributed by atoms with Gasteiger partial charge in [-0.05, 0) is 50.2 Å². The summed E-state index contributed by atoms with van der Waals surface area (Å²) in [7, 11) is 0. The second kappa shape index (κ2) is 9.92. The highest BCUT2D eigenvalue weighted by atomic mass is 32.2. The van der Waals surface area contributed by atoms with E-state index in [9.17, 15) is 27.2 Å². The van der Waals surface area contributed by atoms with E-state index in [2.05, 4.69) is 10.2 Å². The Balaban J connectivity index is 1.62. The first-order valence-electron chi connectivity index (χ1n) is 8.81. The monoisotopic (exact) mass is 486 g/mol. The first kappa shape index (κ1) is 23.4. The predicted octanol–water partition coefficient (Wildman–Crippen LogP) is 5.82. The fraction of sp³-hybridized carbons (Fsp3) is 0.200. The molecule has 3 rings (SSSR count). The SMILES string of the molecule is CC(Sc1nnc(SC(C)C(=O)c2ccc(F)c(F)c2)s1)C(=O)c1ccc(F)c(F)c1. The molecule has 0 saturated heterocycles. The van der Waals surface area contributed by atoms with Crippen LogP contribution in [0.25, 0.3) is 0 Å². The lowest BCUT2D eigenvalue weighted by Crippen LogP contribution is -2.13. The maximum absolute atomic E-state index is 13.4. The van der Waals surface area contributed by atoms with Gasteiger partial charge in [0, 0.05) is 11.1 Å². The minimum atomic E-state index is -1.10. The summed E-state index contributed by atoms with van der Waals surface area (Å²) < 4.78 is 53.7. The third-order valence-corrected chi connectivity index (χ3v) is 7.38. The zero-order valence-electron chi connectivity index (χ0n) is 16.1. The lowest BCUT2D eigenvalue weighted by Gasteiger charge is -2.08. The third kappa shape index (κ3) is 5.72. The van der Waals surface area contributed by atoms with Crippen molar-refractivity contribution in [3.63, 3.8) is 0 Å². The molecule has 0 aliphatic heterocycles. The average Bonchev–Trinajstić information content (AvgIpc) is 3.17. The smallest absolute Gasteiger partial charge is 0.176 e. The number of rotatable bonds is 8. The second-order valence-electron chi connectivity index (χ2n) is 6.34. The number of benzene rings is 2. The van der Waals surface area contributed by atoms with E-state index < -0.39 is 45.3 Å². The quantitative estimate of drug-likeness (QED) is 0.227. The molecule has 0 radical (unpaired) electrons. The van der Waals surface area contributed by atoms with Gasteiger partial charge >= 0.3 is 0 Å². The van der Waals surface area contributed by atoms with Gasteiger partial charge in [0.2, 0.25) is 0 Å². The van der Waals surface area contributed by atoms with Crippen LogP contribution in [0.4, 0.5) is 17.6 Å². The van der Waals surface area contributed by atoms with Gasteiger partial charge in [-0.2, -0.15) is 0 Å². The van der Waals surface area contributed by atoms with Crippen LogP contribution >= 0.6 is 34.9 Å². The highest BCUT2D eigenvalue weighted by Gasteiger charge is 2.23. The molecule has 11 heteroatoms. The van der Waals surface area contributed by atoms with Crippen LogP contribution in [0.2, 0.25) is 0 Å². The summed E-state index contributed by atoms with van der Waals surface area (Å²) in [6.07, 6.45) is 0. The molecule has 162 valence electrons. The van der Waals surface area contributed by atoms with E-state index >= 15 is 0 Å². The van der Waals surface area contributed by atoms with Gasteiger partial charge in [0.15, 0.2) is 43.5 Å². The van der Waals surface area contributed by atoms with Gasteiger partial charge in [-0.3, -0.25) is 9.59 Å². The summed E-state index contributed by atoms with van der Waals surface area (Å²) in [5.74, 6) is -5.05. The largest absolute Gasteiger partial charge is 0.293 e. The maximum atomic E-state index is 13.4. The average molecular weight is 487 g/mol. The molecule has 3 aromatic rings. The van der Waals surface area contributed by atoms with Crippen molar-refractivity contribution in [3.05, 3.63) is 70.8 Å². The summed E-state index contributed by atoms with van der Waals surface area (Å²) in [5, 5.41) is 6.70. The van der Waals surface area contributed by atoms with Gasteiger partial charge in [-0.25, -0.2) is 17.6 Å². The van der Waals surface area contributed by atoms with Crippen molar-refractivity contribution in [3.8, 4) is 0 Å². The lowest BCUT2D eigenvalue weighted by molar-refractivity contribution is 0.0985. The van der Waals surface area contributed by atoms with Crippen molar-refractivity contribution >= 4 is 46.4 Å². The van der Waals surface area contributed by atoms with E-state index in [1.165, 1.54) is 12.1 Å². The van der Waals surface area contributed by atoms with E-state index in [0.29, 0.717) is 8.68 Å². The van der Waals surface area contributed by atoms with E-state index in [1.54, 1.807) is 13.8 Å². The number of ketones is 2. The van der Waals surface area contributed by atoms with E-state index in [0.717, 1.165) is 59.1 Å². The standard InChI is InChI=1S/C20H14F4N2O2S3/c1-9(17(27)11-3-5-13(21)15(23)7-11)29-19-25-26-20(31-19)30-10(2)18(28)12-4-6-14(22)16(24)8-12/h3-10H,1-2H3. The Morgan fingerprint density at radius 2 is 1.13 bits per heavy atom. The molecule has 0 N–H and O–H groups in total. The van der Waals surface area contributed by atoms with Crippen LogP contribution in [0.1, 0.15) is 34.6 Å². The molecule has 31 heavy (non-hydrogen) atoms. The molecule has 0 fully saturated rings. The van der Waals surface area contributed by atoms with E-state index in [1.807, 2.05) is 0 Å². The molecule has 1 heterocycles. The minimum absolute atomic E-state index is 0.0452. The van der Waals surface area contributed by atoms with E-state index in [-0.39, 0.29) is 11.1 Å². The molecule has 0 saturated carbocycles. The van der Waals surface area contributed by atoms with Crippen LogP contribution in [0.3, 0.4) is 0 Å². The Bertz CT molecular complexity index is 1050. The zero-order chi connectivity index (χ0) is 22.7. The topological polar surface area (TPSA) is 59.9 Å². The first-order chi connectivity index (χ1) is 14.7. The predicted molar refractivity (Wildman–Crippen MR) is 112 cm³/mol. The fourth-order valence-corrected chi connectivity index (χ4v) is 5.93. The van der Waals surface area contributed by atoms with Gasteiger partial charge < -0.3 is 0 Å². The number of carbonyl (C=O) groups is 2. The van der Waals surface area contributed by atoms with Crippen molar-refractivity contribution in [2.45, 2.75) is 33.0 Å². The molecule has 0 aliphatic carbocycles. The Kier molecular flexibility index (Phi) is 7.50. The van der Waals surface area contributed by atoms with Crippen LogP contribution in [-0.2, 0) is 0 Å². The highest BCUT2D eigenvalue weighted by Crippen LogP contribution is 2.34. The molecule has 1 aromatic heterocycles. The van der Waals surface area contributed by atoms with Crippen LogP contribution in [0, 0.1) is 23.3 Å². The Hall–Kier alpha value is -2.24. The molecule has 0 amide bonds. The Morgan fingerprint density at radius 3 is 1.48 bits per heavy atom. The molecule has 4 nitrogen and oxygen atoms in total. The molecule has 0 spiro atoms. The molecular formula is C20H14F4N2O2S3. The van der Waals surface area contributed by atoms with Gasteiger partial charge in [0.1, 0.15) is 0 Å².